The van der Waals surface area contributed by atoms with Crippen molar-refractivity contribution in [2.75, 3.05) is 0 Å². The lowest BCUT2D eigenvalue weighted by atomic mass is 9.92. The van der Waals surface area contributed by atoms with Crippen LogP contribution in [0.5, 0.6) is 0 Å². The number of hydrogen-bond donors (Lipinski definition) is 0. The molecule has 0 spiro atoms. The summed E-state index contributed by atoms with van der Waals surface area (Å²) < 4.78 is 0. The first-order valence-electron chi connectivity index (χ1n) is 7.06. The van der Waals surface area contributed by atoms with E-state index in [2.05, 4.69) is 37.3 Å². The van der Waals surface area contributed by atoms with Crippen LogP contribution in [0.15, 0.2) is 42.5 Å². The maximum Gasteiger partial charge on any atom is 0.140 e. The third-order valence-electron chi connectivity index (χ3n) is 3.64. The predicted octanol–water partition coefficient (Wildman–Crippen LogP) is 4.27. The Morgan fingerprint density at radius 2 is 1.75 bits per heavy atom. The molecular weight excluding hydrogens is 248 g/mol. The van der Waals surface area contributed by atoms with Crippen molar-refractivity contribution >= 4 is 22.3 Å². The van der Waals surface area contributed by atoms with Crippen molar-refractivity contribution in [1.82, 2.24) is 0 Å². The lowest BCUT2D eigenvalue weighted by Gasteiger charge is -2.12. The molecule has 0 saturated carbocycles. The van der Waals surface area contributed by atoms with Gasteiger partial charge in [-0.05, 0) is 35.6 Å². The zero-order chi connectivity index (χ0) is 14.5. The van der Waals surface area contributed by atoms with Gasteiger partial charge >= 0.3 is 0 Å². The Balaban J connectivity index is 2.02. The van der Waals surface area contributed by atoms with Crippen LogP contribution in [0.3, 0.4) is 0 Å². The molecule has 1 atom stereocenters. The summed E-state index contributed by atoms with van der Waals surface area (Å²) in [6.07, 6.45) is 1.35. The number of carbonyl (C=O) groups excluding carboxylic acids is 2. The summed E-state index contributed by atoms with van der Waals surface area (Å²) in [6, 6.07) is 14.7. The standard InChI is InChI=1S/C18H20O2/c1-13(7-10-18(20)11-14(2)19)16-9-8-15-5-3-4-6-17(15)12-16/h3-6,8-9,12-13H,7,10-11H2,1-2H3/t13-/m1/s1. The summed E-state index contributed by atoms with van der Waals surface area (Å²) >= 11 is 0. The molecule has 2 rings (SSSR count). The van der Waals surface area contributed by atoms with Gasteiger partial charge in [-0.25, -0.2) is 0 Å². The molecule has 0 aliphatic carbocycles. The molecule has 104 valence electrons. The molecule has 20 heavy (non-hydrogen) atoms. The van der Waals surface area contributed by atoms with E-state index in [1.165, 1.54) is 23.3 Å². The van der Waals surface area contributed by atoms with E-state index in [1.54, 1.807) is 0 Å². The van der Waals surface area contributed by atoms with Crippen LogP contribution in [-0.4, -0.2) is 11.6 Å². The van der Waals surface area contributed by atoms with Gasteiger partial charge in [-0.1, -0.05) is 49.4 Å². The van der Waals surface area contributed by atoms with Crippen LogP contribution in [0.2, 0.25) is 0 Å². The molecule has 0 radical (unpaired) electrons. The molecule has 0 saturated heterocycles. The smallest absolute Gasteiger partial charge is 0.140 e. The van der Waals surface area contributed by atoms with Crippen molar-refractivity contribution in [3.63, 3.8) is 0 Å². The fourth-order valence-corrected chi connectivity index (χ4v) is 2.42. The Kier molecular flexibility index (Phi) is 4.67. The summed E-state index contributed by atoms with van der Waals surface area (Å²) in [7, 11) is 0. The van der Waals surface area contributed by atoms with Crippen LogP contribution in [-0.2, 0) is 9.59 Å². The molecule has 2 heteroatoms. The molecule has 0 heterocycles. The van der Waals surface area contributed by atoms with Gasteiger partial charge in [0.05, 0.1) is 6.42 Å². The monoisotopic (exact) mass is 268 g/mol. The van der Waals surface area contributed by atoms with Crippen molar-refractivity contribution in [1.29, 1.82) is 0 Å². The van der Waals surface area contributed by atoms with Gasteiger partial charge in [0.15, 0.2) is 0 Å². The van der Waals surface area contributed by atoms with E-state index in [9.17, 15) is 9.59 Å². The van der Waals surface area contributed by atoms with Gasteiger partial charge in [-0.15, -0.1) is 0 Å². The number of benzene rings is 2. The third-order valence-corrected chi connectivity index (χ3v) is 3.64. The normalized spacial score (nSPS) is 12.3. The van der Waals surface area contributed by atoms with E-state index in [0.29, 0.717) is 12.3 Å². The van der Waals surface area contributed by atoms with Crippen molar-refractivity contribution in [2.45, 2.75) is 39.0 Å². The second-order valence-corrected chi connectivity index (χ2v) is 5.46. The highest BCUT2D eigenvalue weighted by atomic mass is 16.1. The Bertz CT molecular complexity index is 628. The number of ketones is 2. The predicted molar refractivity (Wildman–Crippen MR) is 81.9 cm³/mol. The minimum absolute atomic E-state index is 0.0464. The fourth-order valence-electron chi connectivity index (χ4n) is 2.42. The van der Waals surface area contributed by atoms with E-state index in [4.69, 9.17) is 0 Å². The molecule has 2 aromatic carbocycles. The topological polar surface area (TPSA) is 34.1 Å². The van der Waals surface area contributed by atoms with Crippen LogP contribution < -0.4 is 0 Å². The molecule has 0 amide bonds. The average Bonchev–Trinajstić information content (AvgIpc) is 2.43. The van der Waals surface area contributed by atoms with Gasteiger partial charge in [-0.2, -0.15) is 0 Å². The summed E-state index contributed by atoms with van der Waals surface area (Å²) in [6.45, 7) is 3.59. The lowest BCUT2D eigenvalue weighted by Crippen LogP contribution is -2.06. The number of rotatable bonds is 6. The fraction of sp³-hybridized carbons (Fsp3) is 0.333. The van der Waals surface area contributed by atoms with Crippen LogP contribution in [0.25, 0.3) is 10.8 Å². The molecule has 0 aliphatic heterocycles. The van der Waals surface area contributed by atoms with Gasteiger partial charge in [0.2, 0.25) is 0 Å². The first-order valence-corrected chi connectivity index (χ1v) is 7.06. The van der Waals surface area contributed by atoms with E-state index in [1.807, 2.05) is 12.1 Å². The Morgan fingerprint density at radius 1 is 1.05 bits per heavy atom. The zero-order valence-electron chi connectivity index (χ0n) is 12.1. The quantitative estimate of drug-likeness (QED) is 0.733. The van der Waals surface area contributed by atoms with E-state index in [-0.39, 0.29) is 18.0 Å². The van der Waals surface area contributed by atoms with Gasteiger partial charge < -0.3 is 0 Å². The first-order chi connectivity index (χ1) is 9.56. The molecule has 0 N–H and O–H groups in total. The van der Waals surface area contributed by atoms with Crippen LogP contribution in [0, 0.1) is 0 Å². The highest BCUT2D eigenvalue weighted by Crippen LogP contribution is 2.25. The maximum absolute atomic E-state index is 11.6. The molecule has 2 aromatic rings. The van der Waals surface area contributed by atoms with Crippen molar-refractivity contribution in [3.05, 3.63) is 48.0 Å². The molecule has 0 fully saturated rings. The molecule has 0 aliphatic rings. The number of carbonyl (C=O) groups is 2. The molecular formula is C18H20O2. The molecule has 0 unspecified atom stereocenters. The maximum atomic E-state index is 11.6. The molecule has 2 nitrogen and oxygen atoms in total. The number of hydrogen-bond acceptors (Lipinski definition) is 2. The van der Waals surface area contributed by atoms with Crippen LogP contribution >= 0.6 is 0 Å². The Labute approximate surface area is 119 Å². The van der Waals surface area contributed by atoms with Crippen molar-refractivity contribution in [3.8, 4) is 0 Å². The zero-order valence-corrected chi connectivity index (χ0v) is 12.1. The minimum Gasteiger partial charge on any atom is -0.300 e. The van der Waals surface area contributed by atoms with E-state index in [0.717, 1.165) is 6.42 Å². The second-order valence-electron chi connectivity index (χ2n) is 5.46. The van der Waals surface area contributed by atoms with Gasteiger partial charge in [-0.3, -0.25) is 9.59 Å². The molecule has 0 aromatic heterocycles. The average molecular weight is 268 g/mol. The van der Waals surface area contributed by atoms with Gasteiger partial charge in [0.1, 0.15) is 11.6 Å². The van der Waals surface area contributed by atoms with E-state index < -0.39 is 0 Å². The highest BCUT2D eigenvalue weighted by Gasteiger charge is 2.10. The SMILES string of the molecule is CC(=O)CC(=O)CC[C@@H](C)c1ccc2ccccc2c1. The summed E-state index contributed by atoms with van der Waals surface area (Å²) in [5.74, 6) is 0.328. The van der Waals surface area contributed by atoms with Crippen molar-refractivity contribution in [2.24, 2.45) is 0 Å². The molecule has 0 bridgehead atoms. The second kappa shape index (κ2) is 6.47. The lowest BCUT2D eigenvalue weighted by molar-refractivity contribution is -0.125. The van der Waals surface area contributed by atoms with Crippen molar-refractivity contribution < 1.29 is 9.59 Å². The summed E-state index contributed by atoms with van der Waals surface area (Å²) in [4.78, 5) is 22.5. The van der Waals surface area contributed by atoms with E-state index >= 15 is 0 Å². The first kappa shape index (κ1) is 14.4. The Morgan fingerprint density at radius 3 is 2.45 bits per heavy atom. The third kappa shape index (κ3) is 3.77. The summed E-state index contributed by atoms with van der Waals surface area (Å²) in [5, 5.41) is 2.46. The summed E-state index contributed by atoms with van der Waals surface area (Å²) in [5.41, 5.74) is 1.25. The van der Waals surface area contributed by atoms with Gasteiger partial charge in [0, 0.05) is 6.42 Å². The van der Waals surface area contributed by atoms with Crippen LogP contribution in [0.4, 0.5) is 0 Å². The Hall–Kier alpha value is -1.96. The number of Topliss-reactive ketones (excluding diaryl/α,β-unsaturated/α-hetero) is 2. The van der Waals surface area contributed by atoms with Crippen LogP contribution in [0.1, 0.15) is 44.6 Å². The number of fused-ring (bicyclic) bond motifs is 1. The largest absolute Gasteiger partial charge is 0.300 e. The highest BCUT2D eigenvalue weighted by molar-refractivity contribution is 5.97. The minimum atomic E-state index is -0.0478. The van der Waals surface area contributed by atoms with Gasteiger partial charge in [0.25, 0.3) is 0 Å².